The number of hydrogen-bond donors (Lipinski definition) is 0. The van der Waals surface area contributed by atoms with Crippen LogP contribution in [-0.4, -0.2) is 31.6 Å². The molecular weight excluding hydrogens is 258 g/mol. The summed E-state index contributed by atoms with van der Waals surface area (Å²) >= 11 is 0. The van der Waals surface area contributed by atoms with Crippen molar-refractivity contribution in [3.63, 3.8) is 0 Å². The van der Waals surface area contributed by atoms with Crippen LogP contribution in [0.15, 0.2) is 18.1 Å². The Kier molecular flexibility index (Phi) is 1.07. The molecule has 0 N–H and O–H groups in total. The Bertz CT molecular complexity index is 1210. The molecule has 4 rings (SSSR count). The molecule has 2 heteroatoms. The summed E-state index contributed by atoms with van der Waals surface area (Å²) in [5.74, 6) is -7.22. The normalized spacial score (nSPS) is 72.1. The minimum Gasteiger partial charge on any atom is -0.497 e. The number of likely N-dealkylation sites (tertiary alicyclic amines) is 1. The van der Waals surface area contributed by atoms with Gasteiger partial charge in [-0.2, -0.15) is 0 Å². The van der Waals surface area contributed by atoms with Gasteiger partial charge in [-0.25, -0.2) is 0 Å². The van der Waals surface area contributed by atoms with Crippen molar-refractivity contribution in [2.75, 3.05) is 20.7 Å². The van der Waals surface area contributed by atoms with Crippen molar-refractivity contribution in [2.45, 2.75) is 50.3 Å². The second-order valence-electron chi connectivity index (χ2n) is 5.31. The van der Waals surface area contributed by atoms with Crippen molar-refractivity contribution in [2.24, 2.45) is 11.8 Å². The van der Waals surface area contributed by atoms with Crippen LogP contribution in [0, 0.1) is 11.8 Å². The lowest BCUT2D eigenvalue weighted by molar-refractivity contribution is -0.0112. The van der Waals surface area contributed by atoms with Crippen molar-refractivity contribution in [1.82, 2.24) is 4.90 Å². The maximum atomic E-state index is 9.64. The van der Waals surface area contributed by atoms with Crippen LogP contribution >= 0.6 is 0 Å². The van der Waals surface area contributed by atoms with Gasteiger partial charge in [0.2, 0.25) is 0 Å². The molecule has 1 aromatic carbocycles. The Morgan fingerprint density at radius 1 is 1.48 bits per heavy atom. The van der Waals surface area contributed by atoms with E-state index in [2.05, 4.69) is 0 Å². The number of methoxy groups -OCH3 is 1. The first kappa shape index (κ1) is 4.74. The monoisotopic (exact) mass is 301 g/mol. The van der Waals surface area contributed by atoms with Gasteiger partial charge in [0.15, 0.2) is 0 Å². The molecule has 3 aliphatic rings. The summed E-state index contributed by atoms with van der Waals surface area (Å²) in [6, 6.07) is -5.23. The van der Waals surface area contributed by atoms with E-state index in [1.54, 1.807) is 0 Å². The molecule has 1 aliphatic heterocycles. The van der Waals surface area contributed by atoms with Crippen LogP contribution in [0.3, 0.4) is 0 Å². The van der Waals surface area contributed by atoms with Crippen LogP contribution in [0.2, 0.25) is 0 Å². The predicted molar refractivity (Wildman–Crippen MR) is 85.9 cm³/mol. The van der Waals surface area contributed by atoms with Gasteiger partial charge in [0.25, 0.3) is 0 Å². The van der Waals surface area contributed by atoms with E-state index < -0.39 is 96.6 Å². The van der Waals surface area contributed by atoms with E-state index in [9.17, 15) is 2.74 Å². The van der Waals surface area contributed by atoms with Crippen molar-refractivity contribution < 1.29 is 26.7 Å². The van der Waals surface area contributed by atoms with Crippen LogP contribution in [0.5, 0.6) is 5.75 Å². The van der Waals surface area contributed by atoms with E-state index in [0.717, 1.165) is 21.1 Å². The number of ether oxygens (including phenoxy) is 1. The van der Waals surface area contributed by atoms with Gasteiger partial charge < -0.3 is 9.64 Å². The Labute approximate surface area is 151 Å². The van der Waals surface area contributed by atoms with Gasteiger partial charge in [-0.05, 0) is 80.5 Å². The third kappa shape index (κ3) is 1.88. The standard InChI is InChI=1S/C19H27NO/c1-13-6-7-19-8-9-20(2)18(17(19)10-13)11-14-4-5-15(21-3)12-16(14)19/h4-5,12-13,17-18H,6-11H2,1-3H3/t13?,17-,18+,19-/m1/s1/i4D,5D,6D2,7D2,8D2,9D2,10D2,12D,13D,17D,18D. The molecule has 1 unspecified atom stereocenters. The zero-order chi connectivity index (χ0) is 29.0. The molecule has 114 valence electrons. The number of likely N-dealkylation sites (N-methyl/N-ethyl adjacent to an activating group) is 1. The summed E-state index contributed by atoms with van der Waals surface area (Å²) in [5, 5.41) is 0. The number of fused-ring (bicyclic) bond motifs is 1. The van der Waals surface area contributed by atoms with Gasteiger partial charge in [0.1, 0.15) is 5.75 Å². The summed E-state index contributed by atoms with van der Waals surface area (Å²) in [7, 11) is 1.94. The highest BCUT2D eigenvalue weighted by molar-refractivity contribution is 5.45. The van der Waals surface area contributed by atoms with Crippen LogP contribution < -0.4 is 4.74 Å². The first-order valence-corrected chi connectivity index (χ1v) is 6.71. The highest BCUT2D eigenvalue weighted by Gasteiger charge is 2.54. The molecule has 0 amide bonds. The summed E-state index contributed by atoms with van der Waals surface area (Å²) in [5.41, 5.74) is -4.97. The number of rotatable bonds is 1. The summed E-state index contributed by atoms with van der Waals surface area (Å²) in [6.07, 6.45) is -15.6. The molecule has 2 bridgehead atoms. The molecule has 1 saturated heterocycles. The molecule has 1 heterocycles. The van der Waals surface area contributed by atoms with Gasteiger partial charge >= 0.3 is 0 Å². The first-order valence-electron chi connectivity index (χ1n) is 14.7. The molecule has 0 radical (unpaired) electrons. The lowest BCUT2D eigenvalue weighted by Gasteiger charge is -2.59. The van der Waals surface area contributed by atoms with Crippen molar-refractivity contribution in [1.29, 1.82) is 0 Å². The molecule has 1 saturated carbocycles. The fourth-order valence-corrected chi connectivity index (χ4v) is 2.94. The van der Waals surface area contributed by atoms with Crippen LogP contribution in [0.25, 0.3) is 0 Å². The number of nitrogens with zero attached hydrogens (tertiary/aromatic N) is 1. The Hall–Kier alpha value is -1.02. The third-order valence-electron chi connectivity index (χ3n) is 4.02. The Morgan fingerprint density at radius 2 is 2.33 bits per heavy atom. The average molecular weight is 302 g/mol. The van der Waals surface area contributed by atoms with E-state index in [0.29, 0.717) is 4.90 Å². The number of benzene rings is 1. The first-order chi connectivity index (χ1) is 16.3. The number of hydrogen-bond acceptors (Lipinski definition) is 2. The highest BCUT2D eigenvalue weighted by Crippen LogP contribution is 2.56. The summed E-state index contributed by atoms with van der Waals surface area (Å²) < 4.78 is 147. The second kappa shape index (κ2) is 4.74. The third-order valence-corrected chi connectivity index (χ3v) is 4.02. The maximum absolute atomic E-state index is 9.64. The molecule has 2 fully saturated rings. The van der Waals surface area contributed by atoms with Crippen molar-refractivity contribution >= 4 is 0 Å². The van der Waals surface area contributed by atoms with Crippen LogP contribution in [0.1, 0.15) is 65.5 Å². The topological polar surface area (TPSA) is 12.5 Å². The van der Waals surface area contributed by atoms with E-state index in [-0.39, 0.29) is 0 Å². The van der Waals surface area contributed by atoms with Gasteiger partial charge in [0.05, 0.1) is 11.2 Å². The number of piperidine rings is 1. The lowest BCUT2D eigenvalue weighted by Crippen LogP contribution is -2.60. The van der Waals surface area contributed by atoms with Crippen LogP contribution in [0.4, 0.5) is 0 Å². The molecule has 2 nitrogen and oxygen atoms in total. The van der Waals surface area contributed by atoms with Gasteiger partial charge in [-0.15, -0.1) is 0 Å². The highest BCUT2D eigenvalue weighted by atomic mass is 16.5. The smallest absolute Gasteiger partial charge is 0.119 e. The molecule has 0 aromatic heterocycles. The van der Waals surface area contributed by atoms with Gasteiger partial charge in [0, 0.05) is 29.3 Å². The minimum atomic E-state index is -3.81. The van der Waals surface area contributed by atoms with E-state index in [4.69, 9.17) is 23.9 Å². The predicted octanol–water partition coefficient (Wildman–Crippen LogP) is 3.63. The average Bonchev–Trinajstić information content (AvgIpc) is 2.76. The quantitative estimate of drug-likeness (QED) is 0.785. The van der Waals surface area contributed by atoms with E-state index in [1.807, 2.05) is 0 Å². The zero-order valence-electron chi connectivity index (χ0n) is 28.1. The van der Waals surface area contributed by atoms with E-state index >= 15 is 0 Å². The molecule has 2 aliphatic carbocycles. The van der Waals surface area contributed by atoms with E-state index in [1.165, 1.54) is 0 Å². The summed E-state index contributed by atoms with van der Waals surface area (Å²) in [6.45, 7) is -2.61. The second-order valence-corrected chi connectivity index (χ2v) is 5.31. The minimum absolute atomic E-state index is 0.440. The SMILES string of the molecule is [2H]c1c([2H])c(OC)c([2H])c2c1C[C@]1([2H])N(C)C([2H])([2H])C([2H])([2H])[C@]23C([2H])([2H])C([2H])([2H])C([2H])(C)C([2H])([2H])[C@@]31[2H]. The largest absolute Gasteiger partial charge is 0.497 e. The van der Waals surface area contributed by atoms with Crippen LogP contribution in [-0.2, 0) is 11.8 Å². The van der Waals surface area contributed by atoms with Crippen molar-refractivity contribution in [3.8, 4) is 5.75 Å². The Morgan fingerprint density at radius 3 is 3.14 bits per heavy atom. The van der Waals surface area contributed by atoms with Gasteiger partial charge in [-0.1, -0.05) is 13.0 Å². The Balaban J connectivity index is 2.48. The van der Waals surface area contributed by atoms with Gasteiger partial charge in [-0.3, -0.25) is 0 Å². The molecular formula is C19H27NO. The summed E-state index contributed by atoms with van der Waals surface area (Å²) in [4.78, 5) is 0.440. The lowest BCUT2D eigenvalue weighted by atomic mass is 9.51. The fourth-order valence-electron chi connectivity index (χ4n) is 2.94. The maximum Gasteiger partial charge on any atom is 0.119 e. The van der Waals surface area contributed by atoms with Crippen molar-refractivity contribution in [3.05, 3.63) is 29.3 Å². The molecule has 21 heavy (non-hydrogen) atoms. The zero-order valence-corrected chi connectivity index (χ0v) is 12.1. The molecule has 1 aromatic rings. The molecule has 0 spiro atoms. The molecule has 4 atom stereocenters. The fraction of sp³-hybridized carbons (Fsp3) is 0.684.